The number of hydrogen-bond donors (Lipinski definition) is 0. The van der Waals surface area contributed by atoms with Crippen molar-refractivity contribution in [2.75, 3.05) is 19.7 Å². The molecule has 0 N–H and O–H groups in total. The van der Waals surface area contributed by atoms with Gasteiger partial charge in [-0.15, -0.1) is 0 Å². The maximum atomic E-state index is 13.5. The topological polar surface area (TPSA) is 29.5 Å². The van der Waals surface area contributed by atoms with Crippen LogP contribution in [0.3, 0.4) is 0 Å². The fourth-order valence-corrected chi connectivity index (χ4v) is 3.16. The van der Waals surface area contributed by atoms with Gasteiger partial charge in [0.2, 0.25) is 0 Å². The summed E-state index contributed by atoms with van der Waals surface area (Å²) in [6, 6.07) is 13.4. The summed E-state index contributed by atoms with van der Waals surface area (Å²) in [4.78, 5) is 14.0. The summed E-state index contributed by atoms with van der Waals surface area (Å²) in [6.07, 6.45) is 2.93. The van der Waals surface area contributed by atoms with Crippen LogP contribution in [0.15, 0.2) is 48.5 Å². The maximum absolute atomic E-state index is 13.5. The second kappa shape index (κ2) is 8.10. The van der Waals surface area contributed by atoms with Gasteiger partial charge in [0.25, 0.3) is 5.91 Å². The Balaban J connectivity index is 1.45. The number of likely N-dealkylation sites (tertiary alicyclic amines) is 1. The highest BCUT2D eigenvalue weighted by atomic mass is 19.1. The number of ether oxygens (including phenoxy) is 1. The standard InChI is InChI=1S/C20H21F2NO2/c21-17-6-7-19(18(22)13-17)25-14-20(24)23-10-8-16(9-11-23)12-15-4-2-1-3-5-15/h1-7,13,16H,8-12,14H2. The highest BCUT2D eigenvalue weighted by Gasteiger charge is 2.23. The molecule has 0 bridgehead atoms. The molecule has 2 aromatic carbocycles. The minimum Gasteiger partial charge on any atom is -0.481 e. The number of carbonyl (C=O) groups excluding carboxylic acids is 1. The average molecular weight is 345 g/mol. The fourth-order valence-electron chi connectivity index (χ4n) is 3.16. The first-order valence-electron chi connectivity index (χ1n) is 8.51. The number of halogens is 2. The monoisotopic (exact) mass is 345 g/mol. The molecule has 25 heavy (non-hydrogen) atoms. The van der Waals surface area contributed by atoms with E-state index in [9.17, 15) is 13.6 Å². The lowest BCUT2D eigenvalue weighted by Gasteiger charge is -2.32. The summed E-state index contributed by atoms with van der Waals surface area (Å²) in [5.74, 6) is -1.16. The van der Waals surface area contributed by atoms with Crippen molar-refractivity contribution < 1.29 is 18.3 Å². The first-order valence-corrected chi connectivity index (χ1v) is 8.51. The smallest absolute Gasteiger partial charge is 0.260 e. The molecule has 5 heteroatoms. The van der Waals surface area contributed by atoms with E-state index in [2.05, 4.69) is 12.1 Å². The van der Waals surface area contributed by atoms with Gasteiger partial charge in [-0.05, 0) is 42.9 Å². The van der Waals surface area contributed by atoms with Gasteiger partial charge in [0.15, 0.2) is 18.2 Å². The number of carbonyl (C=O) groups is 1. The van der Waals surface area contributed by atoms with Gasteiger partial charge in [0.1, 0.15) is 5.82 Å². The molecule has 3 nitrogen and oxygen atoms in total. The normalized spacial score (nSPS) is 15.2. The highest BCUT2D eigenvalue weighted by Crippen LogP contribution is 2.22. The van der Waals surface area contributed by atoms with E-state index in [0.29, 0.717) is 19.0 Å². The Morgan fingerprint density at radius 3 is 2.48 bits per heavy atom. The summed E-state index contributed by atoms with van der Waals surface area (Å²) >= 11 is 0. The van der Waals surface area contributed by atoms with Gasteiger partial charge in [-0.2, -0.15) is 0 Å². The summed E-state index contributed by atoms with van der Waals surface area (Å²) in [7, 11) is 0. The third-order valence-electron chi connectivity index (χ3n) is 4.58. The van der Waals surface area contributed by atoms with Crippen molar-refractivity contribution in [1.82, 2.24) is 4.90 Å². The number of amides is 1. The van der Waals surface area contributed by atoms with Gasteiger partial charge in [-0.3, -0.25) is 4.79 Å². The Bertz CT molecular complexity index is 713. The van der Waals surface area contributed by atoms with E-state index >= 15 is 0 Å². The zero-order valence-corrected chi connectivity index (χ0v) is 14.0. The lowest BCUT2D eigenvalue weighted by molar-refractivity contribution is -0.134. The van der Waals surface area contributed by atoms with Crippen LogP contribution in [-0.2, 0) is 11.2 Å². The molecule has 0 aliphatic carbocycles. The summed E-state index contributed by atoms with van der Waals surface area (Å²) < 4.78 is 31.6. The van der Waals surface area contributed by atoms with E-state index < -0.39 is 11.6 Å². The molecule has 0 spiro atoms. The Labute approximate surface area is 146 Å². The number of rotatable bonds is 5. The molecule has 1 heterocycles. The number of piperidine rings is 1. The molecule has 1 fully saturated rings. The summed E-state index contributed by atoms with van der Waals surface area (Å²) in [5, 5.41) is 0. The lowest BCUT2D eigenvalue weighted by Crippen LogP contribution is -2.41. The molecule has 1 saturated heterocycles. The molecule has 0 atom stereocenters. The van der Waals surface area contributed by atoms with Crippen LogP contribution in [0.25, 0.3) is 0 Å². The molecule has 0 unspecified atom stereocenters. The van der Waals surface area contributed by atoms with E-state index in [1.807, 2.05) is 18.2 Å². The van der Waals surface area contributed by atoms with Crippen molar-refractivity contribution in [3.63, 3.8) is 0 Å². The predicted molar refractivity (Wildman–Crippen MR) is 91.3 cm³/mol. The van der Waals surface area contributed by atoms with Gasteiger partial charge in [0, 0.05) is 19.2 Å². The Hall–Kier alpha value is -2.43. The number of hydrogen-bond acceptors (Lipinski definition) is 2. The largest absolute Gasteiger partial charge is 0.481 e. The van der Waals surface area contributed by atoms with E-state index in [1.165, 1.54) is 11.6 Å². The van der Waals surface area contributed by atoms with Crippen LogP contribution >= 0.6 is 0 Å². The van der Waals surface area contributed by atoms with Crippen LogP contribution in [0.1, 0.15) is 18.4 Å². The van der Waals surface area contributed by atoms with E-state index in [0.717, 1.165) is 31.4 Å². The summed E-state index contributed by atoms with van der Waals surface area (Å²) in [6.45, 7) is 1.14. The third kappa shape index (κ3) is 4.78. The molecule has 0 radical (unpaired) electrons. The Morgan fingerprint density at radius 2 is 1.80 bits per heavy atom. The van der Waals surface area contributed by atoms with Crippen molar-refractivity contribution >= 4 is 5.91 Å². The van der Waals surface area contributed by atoms with Crippen LogP contribution in [0.2, 0.25) is 0 Å². The van der Waals surface area contributed by atoms with Gasteiger partial charge in [-0.25, -0.2) is 8.78 Å². The first kappa shape index (κ1) is 17.4. The predicted octanol–water partition coefficient (Wildman–Crippen LogP) is 3.82. The molecule has 0 aromatic heterocycles. The van der Waals surface area contributed by atoms with Gasteiger partial charge in [0.05, 0.1) is 0 Å². The van der Waals surface area contributed by atoms with Crippen LogP contribution < -0.4 is 4.74 Å². The molecule has 3 rings (SSSR count). The minimum absolute atomic E-state index is 0.103. The Morgan fingerprint density at radius 1 is 1.08 bits per heavy atom. The van der Waals surface area contributed by atoms with Gasteiger partial charge in [-0.1, -0.05) is 30.3 Å². The second-order valence-electron chi connectivity index (χ2n) is 6.38. The fraction of sp³-hybridized carbons (Fsp3) is 0.350. The molecule has 2 aromatic rings. The first-order chi connectivity index (χ1) is 12.1. The van der Waals surface area contributed by atoms with Crippen LogP contribution in [0.4, 0.5) is 8.78 Å². The van der Waals surface area contributed by atoms with Crippen molar-refractivity contribution in [2.24, 2.45) is 5.92 Å². The average Bonchev–Trinajstić information content (AvgIpc) is 2.62. The summed E-state index contributed by atoms with van der Waals surface area (Å²) in [5.41, 5.74) is 1.32. The van der Waals surface area contributed by atoms with Crippen LogP contribution in [0, 0.1) is 17.6 Å². The minimum atomic E-state index is -0.797. The SMILES string of the molecule is O=C(COc1ccc(F)cc1F)N1CCC(Cc2ccccc2)CC1. The zero-order chi connectivity index (χ0) is 17.6. The quantitative estimate of drug-likeness (QED) is 0.824. The third-order valence-corrected chi connectivity index (χ3v) is 4.58. The maximum Gasteiger partial charge on any atom is 0.260 e. The second-order valence-corrected chi connectivity index (χ2v) is 6.38. The molecule has 132 valence electrons. The van der Waals surface area contributed by atoms with Crippen molar-refractivity contribution in [3.8, 4) is 5.75 Å². The molecular formula is C20H21F2NO2. The lowest BCUT2D eigenvalue weighted by atomic mass is 9.90. The van der Waals surface area contributed by atoms with E-state index in [4.69, 9.17) is 4.74 Å². The molecule has 1 aliphatic rings. The van der Waals surface area contributed by atoms with Crippen molar-refractivity contribution in [2.45, 2.75) is 19.3 Å². The highest BCUT2D eigenvalue weighted by molar-refractivity contribution is 5.77. The number of benzene rings is 2. The van der Waals surface area contributed by atoms with Crippen molar-refractivity contribution in [3.05, 3.63) is 65.7 Å². The number of nitrogens with zero attached hydrogens (tertiary/aromatic N) is 1. The van der Waals surface area contributed by atoms with E-state index in [-0.39, 0.29) is 18.3 Å². The van der Waals surface area contributed by atoms with Gasteiger partial charge >= 0.3 is 0 Å². The molecular weight excluding hydrogens is 324 g/mol. The zero-order valence-electron chi connectivity index (χ0n) is 14.0. The molecule has 1 aliphatic heterocycles. The molecule has 0 saturated carbocycles. The Kier molecular flexibility index (Phi) is 5.64. The van der Waals surface area contributed by atoms with Gasteiger partial charge < -0.3 is 9.64 Å². The molecule has 1 amide bonds. The van der Waals surface area contributed by atoms with E-state index in [1.54, 1.807) is 4.90 Å². The van der Waals surface area contributed by atoms with Crippen LogP contribution in [0.5, 0.6) is 5.75 Å². The van der Waals surface area contributed by atoms with Crippen molar-refractivity contribution in [1.29, 1.82) is 0 Å². The van der Waals surface area contributed by atoms with Crippen LogP contribution in [-0.4, -0.2) is 30.5 Å².